The molecule has 5 heteroatoms. The Morgan fingerprint density at radius 3 is 2.32 bits per heavy atom. The zero-order valence-electron chi connectivity index (χ0n) is 10.8. The lowest BCUT2D eigenvalue weighted by molar-refractivity contribution is 0.152. The molecule has 0 N–H and O–H groups in total. The number of hydrogen-bond donors (Lipinski definition) is 0. The van der Waals surface area contributed by atoms with Gasteiger partial charge in [-0.3, -0.25) is 4.68 Å². The highest BCUT2D eigenvalue weighted by Crippen LogP contribution is 2.31. The molecule has 0 aliphatic heterocycles. The molecule has 0 aliphatic carbocycles. The topological polar surface area (TPSA) is 17.8 Å². The minimum atomic E-state index is -2.52. The summed E-state index contributed by atoms with van der Waals surface area (Å²) in [5, 5.41) is 5.03. The Balaban J connectivity index is 2.46. The summed E-state index contributed by atoms with van der Waals surface area (Å²) in [5.41, 5.74) is 2.18. The van der Waals surface area contributed by atoms with Crippen molar-refractivity contribution in [2.75, 3.05) is 0 Å². The first kappa shape index (κ1) is 14.2. The Hall–Kier alpha value is -1.23. The van der Waals surface area contributed by atoms with E-state index in [1.54, 1.807) is 4.68 Å². The predicted octanol–water partition coefficient (Wildman–Crippen LogP) is 4.96. The highest BCUT2D eigenvalue weighted by molar-refractivity contribution is 9.08. The monoisotopic (exact) mass is 328 g/mol. The van der Waals surface area contributed by atoms with Crippen molar-refractivity contribution in [3.05, 3.63) is 41.6 Å². The van der Waals surface area contributed by atoms with E-state index in [1.807, 2.05) is 38.1 Å². The fraction of sp³-hybridized carbons (Fsp3) is 0.357. The molecule has 0 saturated heterocycles. The smallest absolute Gasteiger partial charge is 0.267 e. The lowest BCUT2D eigenvalue weighted by Crippen LogP contribution is -2.00. The maximum absolute atomic E-state index is 13.1. The first-order valence-electron chi connectivity index (χ1n) is 6.05. The van der Waals surface area contributed by atoms with E-state index >= 15 is 0 Å². The molecule has 1 aromatic heterocycles. The van der Waals surface area contributed by atoms with Crippen LogP contribution in [-0.2, 0) is 5.33 Å². The minimum absolute atomic E-state index is 0.0136. The van der Waals surface area contributed by atoms with Crippen LogP contribution >= 0.6 is 15.9 Å². The van der Waals surface area contributed by atoms with Crippen molar-refractivity contribution in [1.82, 2.24) is 9.78 Å². The summed E-state index contributed by atoms with van der Waals surface area (Å²) >= 11 is 3.36. The van der Waals surface area contributed by atoms with Crippen molar-refractivity contribution < 1.29 is 8.78 Å². The molecule has 0 atom stereocenters. The molecule has 0 aliphatic rings. The maximum atomic E-state index is 13.1. The Morgan fingerprint density at radius 2 is 1.84 bits per heavy atom. The van der Waals surface area contributed by atoms with Crippen molar-refractivity contribution in [1.29, 1.82) is 0 Å². The number of rotatable bonds is 4. The summed E-state index contributed by atoms with van der Waals surface area (Å²) in [6, 6.07) is 7.54. The minimum Gasteiger partial charge on any atom is -0.269 e. The van der Waals surface area contributed by atoms with Gasteiger partial charge in [0.2, 0.25) is 0 Å². The lowest BCUT2D eigenvalue weighted by Gasteiger charge is -2.04. The van der Waals surface area contributed by atoms with E-state index in [1.165, 1.54) is 6.20 Å². The van der Waals surface area contributed by atoms with Crippen molar-refractivity contribution in [3.63, 3.8) is 0 Å². The van der Waals surface area contributed by atoms with Gasteiger partial charge in [-0.1, -0.05) is 40.2 Å². The molecular formula is C14H15BrF2N2. The van der Waals surface area contributed by atoms with Crippen LogP contribution in [0.2, 0.25) is 0 Å². The average molecular weight is 329 g/mol. The van der Waals surface area contributed by atoms with E-state index in [0.717, 1.165) is 16.5 Å². The summed E-state index contributed by atoms with van der Waals surface area (Å²) in [7, 11) is 0. The Kier molecular flexibility index (Phi) is 4.34. The third-order valence-electron chi connectivity index (χ3n) is 2.91. The van der Waals surface area contributed by atoms with Crippen LogP contribution in [0.5, 0.6) is 0 Å². The van der Waals surface area contributed by atoms with Crippen molar-refractivity contribution in [3.8, 4) is 11.3 Å². The third-order valence-corrected chi connectivity index (χ3v) is 3.55. The van der Waals surface area contributed by atoms with E-state index in [-0.39, 0.29) is 11.6 Å². The second kappa shape index (κ2) is 5.82. The van der Waals surface area contributed by atoms with E-state index in [9.17, 15) is 8.78 Å². The maximum Gasteiger partial charge on any atom is 0.267 e. The fourth-order valence-corrected chi connectivity index (χ4v) is 2.18. The van der Waals surface area contributed by atoms with Crippen LogP contribution in [-0.4, -0.2) is 9.78 Å². The second-order valence-electron chi connectivity index (χ2n) is 4.64. The quantitative estimate of drug-likeness (QED) is 0.725. The van der Waals surface area contributed by atoms with Crippen LogP contribution in [0.25, 0.3) is 11.3 Å². The van der Waals surface area contributed by atoms with Crippen LogP contribution in [0.3, 0.4) is 0 Å². The first-order chi connectivity index (χ1) is 9.02. The van der Waals surface area contributed by atoms with Crippen LogP contribution < -0.4 is 0 Å². The number of hydrogen-bond acceptors (Lipinski definition) is 1. The normalized spacial score (nSPS) is 11.5. The zero-order valence-corrected chi connectivity index (χ0v) is 12.4. The molecule has 0 bridgehead atoms. The predicted molar refractivity (Wildman–Crippen MR) is 75.6 cm³/mol. The molecule has 2 rings (SSSR count). The summed E-state index contributed by atoms with van der Waals surface area (Å²) in [4.78, 5) is 0. The molecule has 0 saturated carbocycles. The van der Waals surface area contributed by atoms with Gasteiger partial charge in [0.25, 0.3) is 6.43 Å². The molecule has 2 aromatic rings. The Morgan fingerprint density at radius 1 is 1.21 bits per heavy atom. The molecular weight excluding hydrogens is 314 g/mol. The third kappa shape index (κ3) is 3.03. The van der Waals surface area contributed by atoms with Gasteiger partial charge in [0.05, 0.1) is 5.56 Å². The summed E-state index contributed by atoms with van der Waals surface area (Å²) in [5.74, 6) is 0. The van der Waals surface area contributed by atoms with Gasteiger partial charge in [-0.05, 0) is 19.4 Å². The van der Waals surface area contributed by atoms with E-state index in [4.69, 9.17) is 0 Å². The van der Waals surface area contributed by atoms with Gasteiger partial charge in [-0.2, -0.15) is 5.10 Å². The molecule has 102 valence electrons. The van der Waals surface area contributed by atoms with Gasteiger partial charge < -0.3 is 0 Å². The Bertz CT molecular complexity index is 547. The van der Waals surface area contributed by atoms with Gasteiger partial charge in [0, 0.05) is 23.1 Å². The standard InChI is InChI=1S/C14H15BrF2N2/c1-9(2)19-8-12(14(16)17)13(18-19)11-5-3-10(7-15)4-6-11/h3-6,8-9,14H,7H2,1-2H3. The molecule has 0 spiro atoms. The largest absolute Gasteiger partial charge is 0.269 e. The average Bonchev–Trinajstić information content (AvgIpc) is 2.84. The molecule has 0 fully saturated rings. The Labute approximate surface area is 119 Å². The molecule has 1 aromatic carbocycles. The molecule has 2 nitrogen and oxygen atoms in total. The highest BCUT2D eigenvalue weighted by Gasteiger charge is 2.19. The van der Waals surface area contributed by atoms with Crippen LogP contribution in [0.15, 0.2) is 30.5 Å². The van der Waals surface area contributed by atoms with E-state index in [0.29, 0.717) is 5.69 Å². The first-order valence-corrected chi connectivity index (χ1v) is 7.17. The zero-order chi connectivity index (χ0) is 14.0. The summed E-state index contributed by atoms with van der Waals surface area (Å²) < 4.78 is 27.7. The van der Waals surface area contributed by atoms with Gasteiger partial charge in [0.15, 0.2) is 0 Å². The lowest BCUT2D eigenvalue weighted by atomic mass is 10.1. The number of benzene rings is 1. The summed E-state index contributed by atoms with van der Waals surface area (Å²) in [6.45, 7) is 3.83. The van der Waals surface area contributed by atoms with Gasteiger partial charge in [0.1, 0.15) is 5.69 Å². The number of halogens is 3. The molecule has 0 radical (unpaired) electrons. The van der Waals surface area contributed by atoms with Crippen LogP contribution in [0.1, 0.15) is 37.4 Å². The SMILES string of the molecule is CC(C)n1cc(C(F)F)c(-c2ccc(CBr)cc2)n1. The second-order valence-corrected chi connectivity index (χ2v) is 5.20. The van der Waals surface area contributed by atoms with Crippen LogP contribution in [0.4, 0.5) is 8.78 Å². The fourth-order valence-electron chi connectivity index (χ4n) is 1.81. The highest BCUT2D eigenvalue weighted by atomic mass is 79.9. The molecule has 1 heterocycles. The van der Waals surface area contributed by atoms with Crippen molar-refractivity contribution in [2.24, 2.45) is 0 Å². The molecule has 0 amide bonds. The van der Waals surface area contributed by atoms with Crippen molar-refractivity contribution in [2.45, 2.75) is 31.6 Å². The van der Waals surface area contributed by atoms with Crippen LogP contribution in [0, 0.1) is 0 Å². The van der Waals surface area contributed by atoms with Gasteiger partial charge >= 0.3 is 0 Å². The molecule has 19 heavy (non-hydrogen) atoms. The summed E-state index contributed by atoms with van der Waals surface area (Å²) in [6.07, 6.45) is -1.08. The van der Waals surface area contributed by atoms with E-state index in [2.05, 4.69) is 21.0 Å². The van der Waals surface area contributed by atoms with Gasteiger partial charge in [-0.15, -0.1) is 0 Å². The van der Waals surface area contributed by atoms with Gasteiger partial charge in [-0.25, -0.2) is 8.78 Å². The number of nitrogens with zero attached hydrogens (tertiary/aromatic N) is 2. The molecule has 0 unspecified atom stereocenters. The van der Waals surface area contributed by atoms with Crippen molar-refractivity contribution >= 4 is 15.9 Å². The number of aromatic nitrogens is 2. The van der Waals surface area contributed by atoms with E-state index < -0.39 is 6.43 Å². The number of alkyl halides is 3.